The Bertz CT molecular complexity index is 1150. The van der Waals surface area contributed by atoms with E-state index < -0.39 is 16.5 Å². The first-order valence-electron chi connectivity index (χ1n) is 9.14. The molecule has 0 N–H and O–H groups in total. The highest BCUT2D eigenvalue weighted by molar-refractivity contribution is 5.76. The van der Waals surface area contributed by atoms with E-state index in [0.717, 1.165) is 0 Å². The van der Waals surface area contributed by atoms with Crippen LogP contribution in [-0.4, -0.2) is 34.5 Å². The molecule has 0 aliphatic heterocycles. The second-order valence-electron chi connectivity index (χ2n) is 6.75. The number of benzene rings is 2. The van der Waals surface area contributed by atoms with Crippen LogP contribution < -0.4 is 10.5 Å². The van der Waals surface area contributed by atoms with Gasteiger partial charge < -0.3 is 14.1 Å². The monoisotopic (exact) mass is 417 g/mol. The maximum atomic E-state index is 13.8. The van der Waals surface area contributed by atoms with Crippen molar-refractivity contribution in [3.8, 4) is 5.75 Å². The molecule has 0 aliphatic carbocycles. The number of fused-ring (bicyclic) bond motifs is 1. The third kappa shape index (κ3) is 4.48. The summed E-state index contributed by atoms with van der Waals surface area (Å²) in [5, 5.41) is 10.8. The molecule has 3 aromatic rings. The minimum atomic E-state index is -0.639. The van der Waals surface area contributed by atoms with Gasteiger partial charge in [0.15, 0.2) is 17.1 Å². The van der Waals surface area contributed by atoms with Crippen LogP contribution in [0.4, 0.5) is 10.1 Å². The summed E-state index contributed by atoms with van der Waals surface area (Å²) in [6, 6.07) is 8.44. The Kier molecular flexibility index (Phi) is 6.14. The van der Waals surface area contributed by atoms with E-state index in [1.807, 2.05) is 0 Å². The first-order valence-corrected chi connectivity index (χ1v) is 9.14. The van der Waals surface area contributed by atoms with Gasteiger partial charge >= 0.3 is 5.76 Å². The van der Waals surface area contributed by atoms with Crippen molar-refractivity contribution in [3.05, 3.63) is 68.4 Å². The smallest absolute Gasteiger partial charge is 0.419 e. The minimum Gasteiger partial charge on any atom is -0.494 e. The van der Waals surface area contributed by atoms with Gasteiger partial charge in [0.25, 0.3) is 5.69 Å². The topological polar surface area (TPSA) is 108 Å². The van der Waals surface area contributed by atoms with E-state index in [1.54, 1.807) is 13.1 Å². The van der Waals surface area contributed by atoms with E-state index in [2.05, 4.69) is 0 Å². The zero-order valence-corrected chi connectivity index (χ0v) is 16.5. The Labute approximate surface area is 170 Å². The molecule has 0 unspecified atom stereocenters. The lowest BCUT2D eigenvalue weighted by Gasteiger charge is -2.17. The molecule has 3 rings (SSSR count). The van der Waals surface area contributed by atoms with E-state index >= 15 is 0 Å². The molecule has 0 atom stereocenters. The van der Waals surface area contributed by atoms with E-state index in [9.17, 15) is 24.1 Å². The van der Waals surface area contributed by atoms with E-state index in [0.29, 0.717) is 17.5 Å². The van der Waals surface area contributed by atoms with Gasteiger partial charge in [-0.25, -0.2) is 9.18 Å². The molecule has 1 aromatic heterocycles. The van der Waals surface area contributed by atoms with Crippen molar-refractivity contribution >= 4 is 22.7 Å². The van der Waals surface area contributed by atoms with Gasteiger partial charge in [0, 0.05) is 32.6 Å². The Hall–Kier alpha value is -3.69. The number of rotatable bonds is 8. The molecule has 0 radical (unpaired) electrons. The highest BCUT2D eigenvalue weighted by Crippen LogP contribution is 2.21. The van der Waals surface area contributed by atoms with Crippen LogP contribution in [0.5, 0.6) is 5.75 Å². The standard InChI is InChI=1S/C20H20FN3O6/c1-22(12-13-5-8-17(29-2)15(21)10-13)19(25)4-3-9-23-16-7-6-14(24(27)28)11-18(16)30-20(23)26/h5-8,10-11H,3-4,9,12H2,1-2H3. The quantitative estimate of drug-likeness (QED) is 0.412. The van der Waals surface area contributed by atoms with Gasteiger partial charge in [-0.3, -0.25) is 19.5 Å². The third-order valence-electron chi connectivity index (χ3n) is 4.70. The molecule has 0 saturated carbocycles. The van der Waals surface area contributed by atoms with Gasteiger partial charge in [-0.1, -0.05) is 6.07 Å². The Morgan fingerprint density at radius 2 is 2.07 bits per heavy atom. The fourth-order valence-electron chi connectivity index (χ4n) is 3.13. The highest BCUT2D eigenvalue weighted by Gasteiger charge is 2.15. The number of non-ortho nitro benzene ring substituents is 1. The van der Waals surface area contributed by atoms with Crippen molar-refractivity contribution in [2.45, 2.75) is 25.9 Å². The van der Waals surface area contributed by atoms with Gasteiger partial charge in [-0.15, -0.1) is 0 Å². The first kappa shape index (κ1) is 21.0. The molecule has 9 nitrogen and oxygen atoms in total. The van der Waals surface area contributed by atoms with Crippen LogP contribution >= 0.6 is 0 Å². The third-order valence-corrected chi connectivity index (χ3v) is 4.70. The summed E-state index contributed by atoms with van der Waals surface area (Å²) in [7, 11) is 2.99. The predicted octanol–water partition coefficient (Wildman–Crippen LogP) is 3.09. The SMILES string of the molecule is COc1ccc(CN(C)C(=O)CCCn2c(=O)oc3cc([N+](=O)[O-])ccc32)cc1F. The summed E-state index contributed by atoms with van der Waals surface area (Å²) in [4.78, 5) is 36.2. The normalized spacial score (nSPS) is 10.9. The summed E-state index contributed by atoms with van der Waals surface area (Å²) in [6.07, 6.45) is 0.535. The number of oxazole rings is 1. The van der Waals surface area contributed by atoms with Gasteiger partial charge in [0.05, 0.1) is 23.6 Å². The number of halogens is 1. The lowest BCUT2D eigenvalue weighted by Crippen LogP contribution is -2.26. The van der Waals surface area contributed by atoms with E-state index in [-0.39, 0.29) is 42.4 Å². The number of nitrogens with zero attached hydrogens (tertiary/aromatic N) is 3. The van der Waals surface area contributed by atoms with E-state index in [4.69, 9.17) is 9.15 Å². The number of hydrogen-bond acceptors (Lipinski definition) is 6. The number of methoxy groups -OCH3 is 1. The lowest BCUT2D eigenvalue weighted by atomic mass is 10.2. The van der Waals surface area contributed by atoms with Gasteiger partial charge in [0.2, 0.25) is 5.91 Å². The molecule has 2 aromatic carbocycles. The lowest BCUT2D eigenvalue weighted by molar-refractivity contribution is -0.384. The molecule has 0 spiro atoms. The van der Waals surface area contributed by atoms with Crippen molar-refractivity contribution in [1.82, 2.24) is 9.47 Å². The zero-order chi connectivity index (χ0) is 21.8. The van der Waals surface area contributed by atoms with Gasteiger partial charge in [0.1, 0.15) is 0 Å². The number of aryl methyl sites for hydroxylation is 1. The zero-order valence-electron chi connectivity index (χ0n) is 16.5. The van der Waals surface area contributed by atoms with Crippen LogP contribution in [0.2, 0.25) is 0 Å². The Morgan fingerprint density at radius 3 is 2.73 bits per heavy atom. The minimum absolute atomic E-state index is 0.124. The van der Waals surface area contributed by atoms with Crippen molar-refractivity contribution in [2.75, 3.05) is 14.2 Å². The summed E-state index contributed by atoms with van der Waals surface area (Å²) in [6.45, 7) is 0.457. The number of ether oxygens (including phenoxy) is 1. The number of hydrogen-bond donors (Lipinski definition) is 0. The average molecular weight is 417 g/mol. The van der Waals surface area contributed by atoms with Gasteiger partial charge in [-0.05, 0) is 30.2 Å². The highest BCUT2D eigenvalue weighted by atomic mass is 19.1. The first-order chi connectivity index (χ1) is 14.3. The summed E-state index contributed by atoms with van der Waals surface area (Å²) < 4.78 is 25.1. The average Bonchev–Trinajstić information content (AvgIpc) is 3.02. The number of nitro groups is 1. The van der Waals surface area contributed by atoms with Crippen LogP contribution in [0, 0.1) is 15.9 Å². The molecule has 158 valence electrons. The molecule has 1 amide bonds. The van der Waals surface area contributed by atoms with Crippen molar-refractivity contribution in [1.29, 1.82) is 0 Å². The van der Waals surface area contributed by atoms with Crippen molar-refractivity contribution in [3.63, 3.8) is 0 Å². The van der Waals surface area contributed by atoms with Crippen molar-refractivity contribution < 1.29 is 23.3 Å². The molecular formula is C20H20FN3O6. The van der Waals surface area contributed by atoms with Crippen molar-refractivity contribution in [2.24, 2.45) is 0 Å². The molecular weight excluding hydrogens is 397 g/mol. The summed E-state index contributed by atoms with van der Waals surface area (Å²) >= 11 is 0. The summed E-state index contributed by atoms with van der Waals surface area (Å²) in [5.41, 5.74) is 1.01. The van der Waals surface area contributed by atoms with Crippen LogP contribution in [0.15, 0.2) is 45.6 Å². The fraction of sp³-hybridized carbons (Fsp3) is 0.300. The maximum absolute atomic E-state index is 13.8. The Balaban J connectivity index is 1.60. The van der Waals surface area contributed by atoms with Crippen LogP contribution in [0.3, 0.4) is 0 Å². The predicted molar refractivity (Wildman–Crippen MR) is 106 cm³/mol. The van der Waals surface area contributed by atoms with Crippen LogP contribution in [0.1, 0.15) is 18.4 Å². The molecule has 30 heavy (non-hydrogen) atoms. The molecule has 0 aliphatic rings. The molecule has 0 fully saturated rings. The fourth-order valence-corrected chi connectivity index (χ4v) is 3.13. The number of amides is 1. The maximum Gasteiger partial charge on any atom is 0.419 e. The molecule has 1 heterocycles. The Morgan fingerprint density at radius 1 is 1.30 bits per heavy atom. The van der Waals surface area contributed by atoms with Gasteiger partial charge in [-0.2, -0.15) is 0 Å². The molecule has 0 bridgehead atoms. The number of carbonyl (C=O) groups excluding carboxylic acids is 1. The number of aromatic nitrogens is 1. The second kappa shape index (κ2) is 8.76. The molecule has 10 heteroatoms. The second-order valence-corrected chi connectivity index (χ2v) is 6.75. The summed E-state index contributed by atoms with van der Waals surface area (Å²) in [5.74, 6) is -1.17. The van der Waals surface area contributed by atoms with Crippen LogP contribution in [0.25, 0.3) is 11.1 Å². The largest absolute Gasteiger partial charge is 0.494 e. The number of nitro benzene ring substituents is 1. The molecule has 0 saturated heterocycles. The van der Waals surface area contributed by atoms with Crippen LogP contribution in [-0.2, 0) is 17.9 Å². The van der Waals surface area contributed by atoms with E-state index in [1.165, 1.54) is 46.9 Å². The number of carbonyl (C=O) groups is 1.